The van der Waals surface area contributed by atoms with Gasteiger partial charge in [0, 0.05) is 0 Å². The molecule has 0 radical (unpaired) electrons. The van der Waals surface area contributed by atoms with Gasteiger partial charge in [-0.05, 0) is 13.0 Å². The van der Waals surface area contributed by atoms with Gasteiger partial charge in [-0.25, -0.2) is 22.8 Å². The van der Waals surface area contributed by atoms with Crippen LogP contribution in [0.2, 0.25) is 0 Å². The number of rotatable bonds is 4. The Labute approximate surface area is 106 Å². The van der Waals surface area contributed by atoms with Gasteiger partial charge in [0.2, 0.25) is 0 Å². The minimum absolute atomic E-state index is 0.106. The van der Waals surface area contributed by atoms with Crippen molar-refractivity contribution in [1.82, 2.24) is 0 Å². The zero-order chi connectivity index (χ0) is 14.7. The van der Waals surface area contributed by atoms with Crippen LogP contribution in [-0.4, -0.2) is 23.7 Å². The number of benzene rings is 1. The first-order valence-corrected chi connectivity index (χ1v) is 5.08. The van der Waals surface area contributed by atoms with Gasteiger partial charge in [-0.2, -0.15) is 0 Å². The number of hydrogen-bond acceptors (Lipinski definition) is 3. The van der Waals surface area contributed by atoms with Crippen LogP contribution in [0, 0.1) is 17.5 Å². The second-order valence-corrected chi connectivity index (χ2v) is 3.41. The molecule has 19 heavy (non-hydrogen) atoms. The zero-order valence-corrected chi connectivity index (χ0v) is 9.80. The number of ether oxygens (including phenoxy) is 1. The molecule has 0 aliphatic carbocycles. The minimum Gasteiger partial charge on any atom is -0.478 e. The molecule has 102 valence electrons. The monoisotopic (exact) mass is 274 g/mol. The SMILES string of the molecule is C=C(C(=O)O)c1c(F)cc(C(=O)OCC)c(F)c1F. The molecule has 0 aliphatic rings. The molecule has 0 saturated carbocycles. The van der Waals surface area contributed by atoms with Crippen LogP contribution in [0.1, 0.15) is 22.8 Å². The molecule has 0 saturated heterocycles. The Morgan fingerprint density at radius 2 is 1.89 bits per heavy atom. The molecule has 0 amide bonds. The van der Waals surface area contributed by atoms with Crippen molar-refractivity contribution >= 4 is 17.5 Å². The smallest absolute Gasteiger partial charge is 0.341 e. The summed E-state index contributed by atoms with van der Waals surface area (Å²) in [6, 6.07) is 0.375. The average Bonchev–Trinajstić information content (AvgIpc) is 2.33. The van der Waals surface area contributed by atoms with Crippen LogP contribution in [0.3, 0.4) is 0 Å². The quantitative estimate of drug-likeness (QED) is 0.520. The van der Waals surface area contributed by atoms with Crippen molar-refractivity contribution in [2.24, 2.45) is 0 Å². The molecule has 1 N–H and O–H groups in total. The number of carbonyl (C=O) groups excluding carboxylic acids is 1. The van der Waals surface area contributed by atoms with E-state index in [2.05, 4.69) is 11.3 Å². The van der Waals surface area contributed by atoms with E-state index in [9.17, 15) is 22.8 Å². The molecule has 0 unspecified atom stereocenters. The van der Waals surface area contributed by atoms with Crippen LogP contribution in [0.15, 0.2) is 12.6 Å². The summed E-state index contributed by atoms with van der Waals surface area (Å²) in [7, 11) is 0. The van der Waals surface area contributed by atoms with Crippen LogP contribution >= 0.6 is 0 Å². The fraction of sp³-hybridized carbons (Fsp3) is 0.167. The third kappa shape index (κ3) is 2.75. The van der Waals surface area contributed by atoms with Crippen molar-refractivity contribution in [2.75, 3.05) is 6.61 Å². The summed E-state index contributed by atoms with van der Waals surface area (Å²) in [6.45, 7) is 4.26. The summed E-state index contributed by atoms with van der Waals surface area (Å²) in [5, 5.41) is 8.59. The predicted octanol–water partition coefficient (Wildman–Crippen LogP) is 2.38. The third-order valence-electron chi connectivity index (χ3n) is 2.21. The number of carboxylic acid groups (broad SMARTS) is 1. The van der Waals surface area contributed by atoms with Gasteiger partial charge in [0.25, 0.3) is 0 Å². The lowest BCUT2D eigenvalue weighted by atomic mass is 10.0. The van der Waals surface area contributed by atoms with Crippen molar-refractivity contribution in [3.63, 3.8) is 0 Å². The van der Waals surface area contributed by atoms with E-state index < -0.39 is 46.1 Å². The van der Waals surface area contributed by atoms with Gasteiger partial charge in [-0.15, -0.1) is 0 Å². The van der Waals surface area contributed by atoms with E-state index in [1.54, 1.807) is 0 Å². The lowest BCUT2D eigenvalue weighted by Gasteiger charge is -2.09. The lowest BCUT2D eigenvalue weighted by Crippen LogP contribution is -2.13. The first kappa shape index (κ1) is 14.7. The maximum Gasteiger partial charge on any atom is 0.341 e. The Hall–Kier alpha value is -2.31. The third-order valence-corrected chi connectivity index (χ3v) is 2.21. The minimum atomic E-state index is -1.80. The van der Waals surface area contributed by atoms with Gasteiger partial charge in [0.05, 0.1) is 17.7 Å². The lowest BCUT2D eigenvalue weighted by molar-refractivity contribution is -0.130. The summed E-state index contributed by atoms with van der Waals surface area (Å²) in [4.78, 5) is 21.8. The predicted molar refractivity (Wildman–Crippen MR) is 58.9 cm³/mol. The van der Waals surface area contributed by atoms with Gasteiger partial charge in [-0.3, -0.25) is 0 Å². The van der Waals surface area contributed by atoms with E-state index in [1.165, 1.54) is 6.92 Å². The first-order valence-electron chi connectivity index (χ1n) is 5.08. The number of hydrogen-bond donors (Lipinski definition) is 1. The first-order chi connectivity index (χ1) is 8.81. The van der Waals surface area contributed by atoms with Gasteiger partial charge < -0.3 is 9.84 Å². The van der Waals surface area contributed by atoms with E-state index in [0.29, 0.717) is 6.07 Å². The number of esters is 1. The Morgan fingerprint density at radius 3 is 2.37 bits per heavy atom. The van der Waals surface area contributed by atoms with E-state index in [-0.39, 0.29) is 6.61 Å². The Balaban J connectivity index is 3.43. The van der Waals surface area contributed by atoms with E-state index in [4.69, 9.17) is 5.11 Å². The fourth-order valence-electron chi connectivity index (χ4n) is 1.34. The Kier molecular flexibility index (Phi) is 4.31. The summed E-state index contributed by atoms with van der Waals surface area (Å²) in [6.07, 6.45) is 0. The molecular formula is C12H9F3O4. The van der Waals surface area contributed by atoms with Gasteiger partial charge in [0.15, 0.2) is 11.6 Å². The molecule has 7 heteroatoms. The standard InChI is InChI=1S/C12H9F3O4/c1-3-19-12(18)6-4-7(13)8(5(2)11(16)17)10(15)9(6)14/h4H,2-3H2,1H3,(H,16,17). The second kappa shape index (κ2) is 5.55. The average molecular weight is 274 g/mol. The molecule has 0 atom stereocenters. The van der Waals surface area contributed by atoms with Crippen molar-refractivity contribution in [3.05, 3.63) is 41.2 Å². The van der Waals surface area contributed by atoms with Crippen LogP contribution in [0.25, 0.3) is 5.57 Å². The van der Waals surface area contributed by atoms with Crippen LogP contribution in [0.4, 0.5) is 13.2 Å². The van der Waals surface area contributed by atoms with Crippen LogP contribution < -0.4 is 0 Å². The summed E-state index contributed by atoms with van der Waals surface area (Å²) in [5.41, 5.74) is -3.03. The largest absolute Gasteiger partial charge is 0.478 e. The number of carbonyl (C=O) groups is 2. The molecule has 1 aromatic rings. The van der Waals surface area contributed by atoms with Crippen molar-refractivity contribution < 1.29 is 32.6 Å². The molecule has 1 aromatic carbocycles. The van der Waals surface area contributed by atoms with E-state index in [1.807, 2.05) is 0 Å². The molecule has 0 heterocycles. The van der Waals surface area contributed by atoms with Gasteiger partial charge >= 0.3 is 11.9 Å². The topological polar surface area (TPSA) is 63.6 Å². The molecule has 0 spiro atoms. The number of halogens is 3. The maximum absolute atomic E-state index is 13.6. The van der Waals surface area contributed by atoms with Gasteiger partial charge in [0.1, 0.15) is 11.4 Å². The molecule has 1 rings (SSSR count). The summed E-state index contributed by atoms with van der Waals surface area (Å²) >= 11 is 0. The zero-order valence-electron chi connectivity index (χ0n) is 9.80. The fourth-order valence-corrected chi connectivity index (χ4v) is 1.34. The second-order valence-electron chi connectivity index (χ2n) is 3.41. The molecule has 4 nitrogen and oxygen atoms in total. The maximum atomic E-state index is 13.6. The van der Waals surface area contributed by atoms with Gasteiger partial charge in [-0.1, -0.05) is 6.58 Å². The van der Waals surface area contributed by atoms with Crippen LogP contribution in [-0.2, 0) is 9.53 Å². The molecule has 0 aliphatic heterocycles. The normalized spacial score (nSPS) is 10.1. The van der Waals surface area contributed by atoms with E-state index in [0.717, 1.165) is 0 Å². The molecular weight excluding hydrogens is 265 g/mol. The highest BCUT2D eigenvalue weighted by molar-refractivity contribution is 6.14. The number of aliphatic carboxylic acids is 1. The Morgan fingerprint density at radius 1 is 1.32 bits per heavy atom. The van der Waals surface area contributed by atoms with Crippen molar-refractivity contribution in [2.45, 2.75) is 6.92 Å². The van der Waals surface area contributed by atoms with E-state index >= 15 is 0 Å². The summed E-state index contributed by atoms with van der Waals surface area (Å²) in [5.74, 6) is -7.84. The Bertz CT molecular complexity index is 567. The molecule has 0 fully saturated rings. The van der Waals surface area contributed by atoms with Crippen molar-refractivity contribution in [1.29, 1.82) is 0 Å². The van der Waals surface area contributed by atoms with Crippen LogP contribution in [0.5, 0.6) is 0 Å². The molecule has 0 bridgehead atoms. The number of carboxylic acids is 1. The summed E-state index contributed by atoms with van der Waals surface area (Å²) < 4.78 is 45.1. The molecule has 0 aromatic heterocycles. The van der Waals surface area contributed by atoms with Crippen molar-refractivity contribution in [3.8, 4) is 0 Å². The highest BCUT2D eigenvalue weighted by Gasteiger charge is 2.26. The highest BCUT2D eigenvalue weighted by Crippen LogP contribution is 2.26. The highest BCUT2D eigenvalue weighted by atomic mass is 19.2.